The van der Waals surface area contributed by atoms with E-state index in [4.69, 9.17) is 24.7 Å². The van der Waals surface area contributed by atoms with Crippen molar-refractivity contribution >= 4 is 45.3 Å². The molecule has 4 heterocycles. The number of hydrogen-bond acceptors (Lipinski definition) is 9. The normalized spacial score (nSPS) is 14.5. The lowest BCUT2D eigenvalue weighted by atomic mass is 10.1. The Balaban J connectivity index is 0.000000159. The van der Waals surface area contributed by atoms with Crippen LogP contribution in [0.4, 0.5) is 23.5 Å². The maximum Gasteiger partial charge on any atom is 0.227 e. The van der Waals surface area contributed by atoms with Crippen molar-refractivity contribution in [2.24, 2.45) is 0 Å². The summed E-state index contributed by atoms with van der Waals surface area (Å²) in [5.41, 5.74) is 5.72. The molecule has 9 heteroatoms. The summed E-state index contributed by atoms with van der Waals surface area (Å²) in [6.07, 6.45) is 7.48. The summed E-state index contributed by atoms with van der Waals surface area (Å²) in [6.45, 7) is 7.77. The molecule has 0 saturated carbocycles. The highest BCUT2D eigenvalue weighted by Crippen LogP contribution is 2.27. The van der Waals surface area contributed by atoms with Crippen molar-refractivity contribution in [3.05, 3.63) is 114 Å². The Morgan fingerprint density at radius 1 is 0.529 bits per heavy atom. The fourth-order valence-electron chi connectivity index (χ4n) is 6.69. The van der Waals surface area contributed by atoms with Crippen molar-refractivity contribution in [2.45, 2.75) is 58.5 Å². The first-order valence-corrected chi connectivity index (χ1v) is 18.3. The monoisotopic (exact) mass is 680 g/mol. The molecule has 2 aliphatic heterocycles. The minimum absolute atomic E-state index is 0.713. The first-order valence-electron chi connectivity index (χ1n) is 18.3. The molecule has 6 aromatic rings. The molecule has 2 saturated heterocycles. The van der Waals surface area contributed by atoms with Gasteiger partial charge in [-0.25, -0.2) is 9.97 Å². The van der Waals surface area contributed by atoms with Gasteiger partial charge in [-0.05, 0) is 93.0 Å². The van der Waals surface area contributed by atoms with Crippen LogP contribution in [0.25, 0.3) is 21.8 Å². The largest absolute Gasteiger partial charge is 0.497 e. The molecule has 0 aliphatic carbocycles. The van der Waals surface area contributed by atoms with Crippen molar-refractivity contribution in [2.75, 3.05) is 53.7 Å². The highest BCUT2D eigenvalue weighted by Gasteiger charge is 2.17. The molecule has 0 bridgehead atoms. The first kappa shape index (κ1) is 34.0. The van der Waals surface area contributed by atoms with Crippen LogP contribution in [0.15, 0.2) is 97.1 Å². The van der Waals surface area contributed by atoms with E-state index in [-0.39, 0.29) is 0 Å². The SMILES string of the molecule is COc1ccc(CNc2nc(N3CCCCC3)nc3ccccc23)cc1.Cc1ccc(CNc2nc(N3CCCCC3)nc3ccccc23)cc1. The molecule has 0 spiro atoms. The number of nitrogens with zero attached hydrogens (tertiary/aromatic N) is 6. The average Bonchev–Trinajstić information content (AvgIpc) is 3.20. The molecule has 262 valence electrons. The minimum Gasteiger partial charge on any atom is -0.497 e. The van der Waals surface area contributed by atoms with Crippen molar-refractivity contribution in [3.8, 4) is 5.75 Å². The van der Waals surface area contributed by atoms with Gasteiger partial charge in [0.05, 0.1) is 18.1 Å². The van der Waals surface area contributed by atoms with E-state index in [1.807, 2.05) is 36.4 Å². The predicted molar refractivity (Wildman–Crippen MR) is 210 cm³/mol. The number of methoxy groups -OCH3 is 1. The Morgan fingerprint density at radius 3 is 1.41 bits per heavy atom. The van der Waals surface area contributed by atoms with E-state index < -0.39 is 0 Å². The van der Waals surface area contributed by atoms with Gasteiger partial charge >= 0.3 is 0 Å². The van der Waals surface area contributed by atoms with Gasteiger partial charge in [-0.2, -0.15) is 9.97 Å². The van der Waals surface area contributed by atoms with Crippen molar-refractivity contribution in [1.82, 2.24) is 19.9 Å². The van der Waals surface area contributed by atoms with Gasteiger partial charge in [0.25, 0.3) is 0 Å². The molecule has 2 aliphatic rings. The van der Waals surface area contributed by atoms with Gasteiger partial charge in [-0.3, -0.25) is 0 Å². The van der Waals surface area contributed by atoms with Crippen LogP contribution in [0.3, 0.4) is 0 Å². The number of hydrogen-bond donors (Lipinski definition) is 2. The van der Waals surface area contributed by atoms with E-state index in [0.29, 0.717) is 6.54 Å². The van der Waals surface area contributed by atoms with Crippen LogP contribution in [0.5, 0.6) is 5.75 Å². The number of rotatable bonds is 9. The van der Waals surface area contributed by atoms with E-state index in [1.54, 1.807) is 7.11 Å². The average molecular weight is 681 g/mol. The van der Waals surface area contributed by atoms with Crippen LogP contribution < -0.4 is 25.2 Å². The van der Waals surface area contributed by atoms with Gasteiger partial charge in [-0.15, -0.1) is 0 Å². The Bertz CT molecular complexity index is 2020. The van der Waals surface area contributed by atoms with Crippen molar-refractivity contribution < 1.29 is 4.74 Å². The first-order chi connectivity index (χ1) is 25.1. The summed E-state index contributed by atoms with van der Waals surface area (Å²) in [7, 11) is 1.68. The molecule has 4 aromatic carbocycles. The minimum atomic E-state index is 0.713. The van der Waals surface area contributed by atoms with Crippen LogP contribution in [0.1, 0.15) is 55.2 Å². The number of benzene rings is 4. The second-order valence-corrected chi connectivity index (χ2v) is 13.4. The van der Waals surface area contributed by atoms with Crippen LogP contribution in [0.2, 0.25) is 0 Å². The fourth-order valence-corrected chi connectivity index (χ4v) is 6.69. The second-order valence-electron chi connectivity index (χ2n) is 13.4. The summed E-state index contributed by atoms with van der Waals surface area (Å²) in [5.74, 6) is 4.37. The van der Waals surface area contributed by atoms with Gasteiger partial charge in [0.15, 0.2) is 0 Å². The Labute approximate surface area is 301 Å². The maximum absolute atomic E-state index is 5.23. The summed E-state index contributed by atoms with van der Waals surface area (Å²) in [5, 5.41) is 9.16. The zero-order chi connectivity index (χ0) is 34.8. The molecular formula is C42H48N8O. The van der Waals surface area contributed by atoms with Crippen LogP contribution >= 0.6 is 0 Å². The van der Waals surface area contributed by atoms with Crippen molar-refractivity contribution in [3.63, 3.8) is 0 Å². The molecule has 9 nitrogen and oxygen atoms in total. The summed E-state index contributed by atoms with van der Waals surface area (Å²) in [4.78, 5) is 23.9. The van der Waals surface area contributed by atoms with Crippen molar-refractivity contribution in [1.29, 1.82) is 0 Å². The lowest BCUT2D eigenvalue weighted by molar-refractivity contribution is 0.414. The highest BCUT2D eigenvalue weighted by molar-refractivity contribution is 5.91. The van der Waals surface area contributed by atoms with E-state index in [0.717, 1.165) is 83.8 Å². The number of piperidine rings is 2. The Hall–Kier alpha value is -5.44. The van der Waals surface area contributed by atoms with Gasteiger partial charge < -0.3 is 25.2 Å². The molecule has 2 aromatic heterocycles. The Kier molecular flexibility index (Phi) is 11.0. The molecule has 0 radical (unpaired) electrons. The smallest absolute Gasteiger partial charge is 0.227 e. The van der Waals surface area contributed by atoms with Gasteiger partial charge in [0, 0.05) is 50.0 Å². The molecule has 8 rings (SSSR count). The number of anilines is 4. The van der Waals surface area contributed by atoms with E-state index in [9.17, 15) is 0 Å². The lowest BCUT2D eigenvalue weighted by Crippen LogP contribution is -2.31. The van der Waals surface area contributed by atoms with E-state index in [2.05, 4.69) is 88.0 Å². The second kappa shape index (κ2) is 16.5. The quantitative estimate of drug-likeness (QED) is 0.156. The third-order valence-corrected chi connectivity index (χ3v) is 9.66. The van der Waals surface area contributed by atoms with Gasteiger partial charge in [-0.1, -0.05) is 66.2 Å². The zero-order valence-electron chi connectivity index (χ0n) is 29.8. The molecule has 0 amide bonds. The van der Waals surface area contributed by atoms with Crippen LogP contribution in [0, 0.1) is 6.92 Å². The van der Waals surface area contributed by atoms with Crippen LogP contribution in [-0.4, -0.2) is 53.2 Å². The molecule has 0 atom stereocenters. The third kappa shape index (κ3) is 8.66. The zero-order valence-corrected chi connectivity index (χ0v) is 29.8. The summed E-state index contributed by atoms with van der Waals surface area (Å²) < 4.78 is 5.23. The summed E-state index contributed by atoms with van der Waals surface area (Å²) in [6, 6.07) is 33.2. The number of nitrogens with one attached hydrogen (secondary N) is 2. The third-order valence-electron chi connectivity index (χ3n) is 9.66. The molecule has 2 N–H and O–H groups in total. The van der Waals surface area contributed by atoms with E-state index >= 15 is 0 Å². The number of aryl methyl sites for hydroxylation is 1. The predicted octanol–water partition coefficient (Wildman–Crippen LogP) is 8.78. The maximum atomic E-state index is 5.23. The molecular weight excluding hydrogens is 633 g/mol. The molecule has 2 fully saturated rings. The molecule has 51 heavy (non-hydrogen) atoms. The van der Waals surface area contributed by atoms with E-state index in [1.165, 1.54) is 55.2 Å². The Morgan fingerprint density at radius 2 is 0.961 bits per heavy atom. The number of aromatic nitrogens is 4. The van der Waals surface area contributed by atoms with Gasteiger partial charge in [0.1, 0.15) is 17.4 Å². The number of para-hydroxylation sites is 2. The summed E-state index contributed by atoms with van der Waals surface area (Å²) >= 11 is 0. The molecule has 0 unspecified atom stereocenters. The number of fused-ring (bicyclic) bond motifs is 2. The highest BCUT2D eigenvalue weighted by atomic mass is 16.5. The number of ether oxygens (including phenoxy) is 1. The van der Waals surface area contributed by atoms with Gasteiger partial charge in [0.2, 0.25) is 11.9 Å². The van der Waals surface area contributed by atoms with Crippen LogP contribution in [-0.2, 0) is 13.1 Å². The lowest BCUT2D eigenvalue weighted by Gasteiger charge is -2.27. The topological polar surface area (TPSA) is 91.3 Å². The fraction of sp³-hybridized carbons (Fsp3) is 0.333. The standard InChI is InChI=1S/C21H24N4O.C21H24N4/c1-26-17-11-9-16(10-12-17)15-22-20-18-7-3-4-8-19(18)23-21(24-20)25-13-5-2-6-14-25;1-16-9-11-17(12-10-16)15-22-20-18-7-3-4-8-19(18)23-21(24-20)25-13-5-2-6-14-25/h3-4,7-12H,2,5-6,13-15H2,1H3,(H,22,23,24);3-4,7-12H,2,5-6,13-15H2,1H3,(H,22,23,24).